The number of nitrogens with two attached hydrogens (primary N) is 2. The molecule has 8 rings (SSSR count). The van der Waals surface area contributed by atoms with Gasteiger partial charge in [0.2, 0.25) is 11.8 Å². The van der Waals surface area contributed by atoms with Gasteiger partial charge in [-0.1, -0.05) is 132 Å². The summed E-state index contributed by atoms with van der Waals surface area (Å²) in [4.78, 5) is 93.0. The number of para-hydroxylation sites is 2. The molecule has 0 aliphatic carbocycles. The number of hydroxylamine groups is 2. The second kappa shape index (κ2) is 39.5. The number of benzene rings is 6. The van der Waals surface area contributed by atoms with Crippen LogP contribution in [0.1, 0.15) is 92.4 Å². The molecule has 4 amide bonds. The molecular formula is C71H86ClN9O17S2. The van der Waals surface area contributed by atoms with Crippen LogP contribution in [-0.2, 0) is 61.7 Å². The Labute approximate surface area is 587 Å². The van der Waals surface area contributed by atoms with Crippen LogP contribution in [0.4, 0.5) is 0 Å². The van der Waals surface area contributed by atoms with E-state index in [0.29, 0.717) is 41.8 Å². The zero-order valence-electron chi connectivity index (χ0n) is 56.3. The number of nitrogens with one attached hydrogen (secondary N) is 3. The number of aliphatic carboxylic acids is 1. The number of methoxy groups -OCH3 is 2. The first-order valence-electron chi connectivity index (χ1n) is 31.7. The summed E-state index contributed by atoms with van der Waals surface area (Å²) in [5, 5.41) is 40.4. The standard InChI is InChI=1S/C36H42N4O8S.C21H30N2O5S.C14H13N3O4.ClH/c1-5-25(3)48-40(49(45,46)29-18-16-28(47-4)17-19-29)23-34(42)32(22-26-11-7-6-8-12-26)38-36(44)33(21-24(2)41)39-35(43)31-20-15-27-13-9-10-14-30(27)37-31;1-4-16(2)28-23(29(25,26)19-12-10-18(27-3)11-13-19)15-21(24)20(22)14-17-8-6-5-7-9-17;15-12(18)7-11(14(20)21)17-13(19)10-6-5-8-3-1-2-4-9(8)16-10;/h6-20,25,32-34,42H,5,21-23H2,1-4H3,(H,38,44)(H,39,43);5-13,16,20-21,24H,4,14-15,22H2,1-3H3;1-6,11H,7H2,(H2,15,18)(H,17,19)(H,20,21);1H/t25?,32-,33-,34+;16?,20-,21+;11-;/m000./s1. The van der Waals surface area contributed by atoms with Gasteiger partial charge in [0.15, 0.2) is 0 Å². The molecule has 2 unspecified atom stereocenters. The molecule has 2 aromatic heterocycles. The minimum Gasteiger partial charge on any atom is -0.497 e. The number of carboxylic acids is 1. The third-order valence-corrected chi connectivity index (χ3v) is 18.6. The maximum Gasteiger partial charge on any atom is 0.326 e. The fourth-order valence-electron chi connectivity index (χ4n) is 9.45. The van der Waals surface area contributed by atoms with Crippen LogP contribution >= 0.6 is 12.4 Å². The van der Waals surface area contributed by atoms with Crippen molar-refractivity contribution >= 4 is 89.6 Å². The number of rotatable bonds is 33. The average Bonchev–Trinajstić information content (AvgIpc) is 0.814. The van der Waals surface area contributed by atoms with E-state index >= 15 is 0 Å². The van der Waals surface area contributed by atoms with Gasteiger partial charge in [-0.3, -0.25) is 33.6 Å². The molecule has 6 aromatic carbocycles. The zero-order valence-corrected chi connectivity index (χ0v) is 58.8. The lowest BCUT2D eigenvalue weighted by molar-refractivity contribution is -0.144. The number of hydrogen-bond donors (Lipinski definition) is 8. The molecule has 0 spiro atoms. The van der Waals surface area contributed by atoms with Gasteiger partial charge >= 0.3 is 5.97 Å². The molecule has 0 saturated heterocycles. The van der Waals surface area contributed by atoms with Crippen molar-refractivity contribution in [2.45, 2.75) is 132 Å². The number of ether oxygens (including phenoxy) is 2. The van der Waals surface area contributed by atoms with Gasteiger partial charge < -0.3 is 52.2 Å². The summed E-state index contributed by atoms with van der Waals surface area (Å²) in [5.74, 6) is -3.56. The van der Waals surface area contributed by atoms with Crippen molar-refractivity contribution in [1.29, 1.82) is 0 Å². The van der Waals surface area contributed by atoms with Crippen LogP contribution in [0.3, 0.4) is 0 Å². The first-order chi connectivity index (χ1) is 47.1. The smallest absolute Gasteiger partial charge is 0.326 e. The molecule has 0 bridgehead atoms. The number of ketones is 1. The number of halogens is 1. The maximum atomic E-state index is 13.8. The van der Waals surface area contributed by atoms with Gasteiger partial charge in [0.05, 0.1) is 85.0 Å². The van der Waals surface area contributed by atoms with Gasteiger partial charge in [-0.2, -0.15) is 0 Å². The Hall–Kier alpha value is -9.33. The van der Waals surface area contributed by atoms with Gasteiger partial charge in [-0.05, 0) is 130 Å². The lowest BCUT2D eigenvalue weighted by Crippen LogP contribution is -2.56. The van der Waals surface area contributed by atoms with Crippen molar-refractivity contribution in [3.8, 4) is 11.5 Å². The molecule has 26 nitrogen and oxygen atoms in total. The summed E-state index contributed by atoms with van der Waals surface area (Å²) >= 11 is 0. The van der Waals surface area contributed by atoms with Crippen molar-refractivity contribution in [1.82, 2.24) is 34.9 Å². The minimum absolute atomic E-state index is 0. The van der Waals surface area contributed by atoms with Crippen LogP contribution in [0.2, 0.25) is 0 Å². The van der Waals surface area contributed by atoms with Gasteiger partial charge in [0, 0.05) is 23.2 Å². The Bertz CT molecular complexity index is 4210. The molecule has 0 fully saturated rings. The van der Waals surface area contributed by atoms with Crippen molar-refractivity contribution in [3.63, 3.8) is 0 Å². The van der Waals surface area contributed by atoms with Gasteiger partial charge in [0.1, 0.15) is 40.8 Å². The Balaban J connectivity index is 0.000000298. The van der Waals surface area contributed by atoms with Crippen molar-refractivity contribution in [2.75, 3.05) is 27.3 Å². The highest BCUT2D eigenvalue weighted by Crippen LogP contribution is 2.25. The van der Waals surface area contributed by atoms with E-state index in [1.54, 1.807) is 86.6 Å². The largest absolute Gasteiger partial charge is 0.497 e. The molecule has 0 aliphatic rings. The van der Waals surface area contributed by atoms with Gasteiger partial charge in [-0.25, -0.2) is 31.6 Å². The number of nitrogens with zero attached hydrogens (tertiary/aromatic N) is 4. The maximum absolute atomic E-state index is 13.8. The molecule has 0 aliphatic heterocycles. The number of pyridine rings is 2. The lowest BCUT2D eigenvalue weighted by atomic mass is 10.00. The minimum atomic E-state index is -4.28. The summed E-state index contributed by atoms with van der Waals surface area (Å²) in [6.45, 7) is 7.67. The molecule has 8 aromatic rings. The number of hydrogen-bond acceptors (Lipinski definition) is 19. The molecular weight excluding hydrogens is 1350 g/mol. The number of carbonyl (C=O) groups is 6. The number of amides is 4. The molecule has 29 heteroatoms. The number of aliphatic hydroxyl groups excluding tert-OH is 2. The van der Waals surface area contributed by atoms with E-state index in [0.717, 1.165) is 30.8 Å². The summed E-state index contributed by atoms with van der Waals surface area (Å²) in [6.07, 6.45) is -2.66. The van der Waals surface area contributed by atoms with E-state index in [4.69, 9.17) is 35.7 Å². The third-order valence-electron chi connectivity index (χ3n) is 15.4. The van der Waals surface area contributed by atoms with E-state index < -0.39 is 105 Å². The topological polar surface area (TPSA) is 389 Å². The molecule has 100 heavy (non-hydrogen) atoms. The second-order valence-electron chi connectivity index (χ2n) is 23.0. The zero-order chi connectivity index (χ0) is 72.4. The number of primary amides is 1. The van der Waals surface area contributed by atoms with Crippen LogP contribution in [-0.4, -0.2) is 162 Å². The number of carbonyl (C=O) groups excluding carboxylic acids is 5. The second-order valence-corrected chi connectivity index (χ2v) is 26.7. The van der Waals surface area contributed by atoms with E-state index in [1.165, 1.54) is 69.7 Å². The normalized spacial score (nSPS) is 13.8. The van der Waals surface area contributed by atoms with Crippen LogP contribution in [0.15, 0.2) is 192 Å². The molecule has 8 atom stereocenters. The monoisotopic (exact) mass is 1440 g/mol. The number of carboxylic acid groups (broad SMARTS) is 1. The predicted octanol–water partition coefficient (Wildman–Crippen LogP) is 6.89. The van der Waals surface area contributed by atoms with Crippen LogP contribution in [0.5, 0.6) is 11.5 Å². The van der Waals surface area contributed by atoms with Crippen LogP contribution < -0.4 is 36.9 Å². The number of fused-ring (bicyclic) bond motifs is 2. The molecule has 0 radical (unpaired) electrons. The molecule has 0 saturated carbocycles. The van der Waals surface area contributed by atoms with E-state index in [9.17, 15) is 55.8 Å². The quantitative estimate of drug-likeness (QED) is 0.0194. The SMILES string of the molecule is CCC(C)ON(C[C@@H](O)[C@@H](N)Cc1ccccc1)S(=O)(=O)c1ccc(OC)cc1.CCC(C)ON(C[C@@H](O)[C@H](Cc1ccccc1)NC(=O)[C@H](CC(C)=O)NC(=O)c1ccc2ccccc2n1)S(=O)(=O)c1ccc(OC)cc1.Cl.NC(=O)C[C@H](NC(=O)c1ccc2ccccc2n1)C(=O)O. The first-order valence-corrected chi connectivity index (χ1v) is 34.5. The summed E-state index contributed by atoms with van der Waals surface area (Å²) in [6, 6.07) is 46.8. The molecule has 2 heterocycles. The van der Waals surface area contributed by atoms with E-state index in [-0.39, 0.29) is 64.9 Å². The predicted molar refractivity (Wildman–Crippen MR) is 378 cm³/mol. The molecule has 10 N–H and O–H groups in total. The van der Waals surface area contributed by atoms with Crippen molar-refractivity contribution in [3.05, 3.63) is 205 Å². The fraction of sp³-hybridized carbons (Fsp3) is 0.324. The number of Topliss-reactive ketones (excluding diaryl/α,β-unsaturated/α-hetero) is 1. The van der Waals surface area contributed by atoms with Crippen molar-refractivity contribution < 1.29 is 80.1 Å². The number of sulfonamides is 2. The van der Waals surface area contributed by atoms with Gasteiger partial charge in [0.25, 0.3) is 31.9 Å². The van der Waals surface area contributed by atoms with Crippen LogP contribution in [0, 0.1) is 0 Å². The van der Waals surface area contributed by atoms with E-state index in [2.05, 4.69) is 25.9 Å². The number of aliphatic hydroxyl groups is 2. The first kappa shape index (κ1) is 81.3. The highest BCUT2D eigenvalue weighted by Gasteiger charge is 2.36. The Morgan fingerprint density at radius 3 is 1.33 bits per heavy atom. The van der Waals surface area contributed by atoms with E-state index in [1.807, 2.05) is 74.5 Å². The average molecular weight is 1440 g/mol. The van der Waals surface area contributed by atoms with Crippen molar-refractivity contribution in [2.24, 2.45) is 11.5 Å². The fourth-order valence-corrected chi connectivity index (χ4v) is 12.1. The van der Waals surface area contributed by atoms with Gasteiger partial charge in [-0.15, -0.1) is 12.4 Å². The number of aromatic nitrogens is 2. The third kappa shape index (κ3) is 24.5. The Morgan fingerprint density at radius 1 is 0.530 bits per heavy atom. The highest BCUT2D eigenvalue weighted by atomic mass is 35.5. The molecule has 536 valence electrons. The van der Waals surface area contributed by atoms with Crippen LogP contribution in [0.25, 0.3) is 21.8 Å². The summed E-state index contributed by atoms with van der Waals surface area (Å²) in [5.41, 5.74) is 14.1. The summed E-state index contributed by atoms with van der Waals surface area (Å²) in [7, 11) is -5.30. The Kier molecular flexibility index (Phi) is 32.1. The highest BCUT2D eigenvalue weighted by molar-refractivity contribution is 7.89. The lowest BCUT2D eigenvalue weighted by Gasteiger charge is -2.31. The Morgan fingerprint density at radius 2 is 0.930 bits per heavy atom. The summed E-state index contributed by atoms with van der Waals surface area (Å²) < 4.78 is 65.5.